The van der Waals surface area contributed by atoms with Gasteiger partial charge in [-0.3, -0.25) is 4.79 Å². The number of aromatic nitrogens is 1. The molecule has 7 heteroatoms. The lowest BCUT2D eigenvalue weighted by Crippen LogP contribution is -2.29. The molecule has 0 bridgehead atoms. The molecule has 0 aliphatic carbocycles. The molecule has 25 heavy (non-hydrogen) atoms. The van der Waals surface area contributed by atoms with Crippen molar-refractivity contribution in [1.82, 2.24) is 10.5 Å². The molecule has 2 aromatic carbocycles. The molecule has 1 unspecified atom stereocenters. The number of carbonyl (C=O) groups is 1. The Hall–Kier alpha value is -3.06. The monoisotopic (exact) mass is 341 g/mol. The number of nitrogen functional groups attached to an aromatic ring is 1. The van der Waals surface area contributed by atoms with Crippen molar-refractivity contribution >= 4 is 22.8 Å². The number of hydrogen-bond acceptors (Lipinski definition) is 6. The Morgan fingerprint density at radius 3 is 2.84 bits per heavy atom. The SMILES string of the molecule is Nc1noc2ccc(CNCC(Cc3cccc(O)c3)C(=O)O)cc12. The van der Waals surface area contributed by atoms with Gasteiger partial charge in [0.1, 0.15) is 5.75 Å². The highest BCUT2D eigenvalue weighted by molar-refractivity contribution is 5.87. The van der Waals surface area contributed by atoms with Gasteiger partial charge < -0.3 is 25.8 Å². The Morgan fingerprint density at radius 2 is 2.08 bits per heavy atom. The molecule has 3 rings (SSSR count). The number of carboxylic acids is 1. The summed E-state index contributed by atoms with van der Waals surface area (Å²) in [5.74, 6) is -1.00. The van der Waals surface area contributed by atoms with E-state index in [1.807, 2.05) is 12.1 Å². The first-order valence-electron chi connectivity index (χ1n) is 7.88. The Morgan fingerprint density at radius 1 is 1.24 bits per heavy atom. The molecule has 130 valence electrons. The van der Waals surface area contributed by atoms with Gasteiger partial charge in [-0.15, -0.1) is 0 Å². The summed E-state index contributed by atoms with van der Waals surface area (Å²) in [4.78, 5) is 11.5. The summed E-state index contributed by atoms with van der Waals surface area (Å²) in [5.41, 5.74) is 8.10. The van der Waals surface area contributed by atoms with Crippen LogP contribution in [0.1, 0.15) is 11.1 Å². The van der Waals surface area contributed by atoms with Gasteiger partial charge in [0, 0.05) is 13.1 Å². The number of rotatable bonds is 7. The molecule has 0 aliphatic heterocycles. The fourth-order valence-corrected chi connectivity index (χ4v) is 2.72. The number of anilines is 1. The quantitative estimate of drug-likeness (QED) is 0.519. The van der Waals surface area contributed by atoms with Crippen molar-refractivity contribution in [1.29, 1.82) is 0 Å². The molecule has 5 N–H and O–H groups in total. The number of nitrogens with one attached hydrogen (secondary N) is 1. The van der Waals surface area contributed by atoms with Gasteiger partial charge in [0.2, 0.25) is 0 Å². The first-order valence-corrected chi connectivity index (χ1v) is 7.88. The maximum absolute atomic E-state index is 11.5. The van der Waals surface area contributed by atoms with E-state index in [-0.39, 0.29) is 5.75 Å². The average molecular weight is 341 g/mol. The maximum atomic E-state index is 11.5. The third-order valence-corrected chi connectivity index (χ3v) is 4.02. The van der Waals surface area contributed by atoms with Crippen LogP contribution in [-0.4, -0.2) is 27.9 Å². The van der Waals surface area contributed by atoms with Gasteiger partial charge in [-0.1, -0.05) is 23.4 Å². The predicted molar refractivity (Wildman–Crippen MR) is 93.1 cm³/mol. The second-order valence-corrected chi connectivity index (χ2v) is 5.94. The highest BCUT2D eigenvalue weighted by Crippen LogP contribution is 2.21. The van der Waals surface area contributed by atoms with E-state index in [1.165, 1.54) is 0 Å². The van der Waals surface area contributed by atoms with Gasteiger partial charge in [-0.2, -0.15) is 0 Å². The Kier molecular flexibility index (Phi) is 4.85. The van der Waals surface area contributed by atoms with Crippen molar-refractivity contribution in [3.05, 3.63) is 53.6 Å². The molecule has 1 aromatic heterocycles. The number of fused-ring (bicyclic) bond motifs is 1. The van der Waals surface area contributed by atoms with Crippen molar-refractivity contribution in [2.45, 2.75) is 13.0 Å². The van der Waals surface area contributed by atoms with Gasteiger partial charge in [-0.05, 0) is 41.8 Å². The molecule has 1 atom stereocenters. The number of aromatic hydroxyl groups is 1. The molecule has 0 amide bonds. The van der Waals surface area contributed by atoms with Crippen molar-refractivity contribution in [3.8, 4) is 5.75 Å². The summed E-state index contributed by atoms with van der Waals surface area (Å²) in [6.45, 7) is 0.812. The highest BCUT2D eigenvalue weighted by Gasteiger charge is 2.18. The van der Waals surface area contributed by atoms with E-state index >= 15 is 0 Å². The lowest BCUT2D eigenvalue weighted by molar-refractivity contribution is -0.141. The zero-order valence-corrected chi connectivity index (χ0v) is 13.5. The van der Waals surface area contributed by atoms with Crippen LogP contribution in [0.15, 0.2) is 47.0 Å². The Labute approximate surface area is 144 Å². The van der Waals surface area contributed by atoms with Gasteiger partial charge in [0.25, 0.3) is 0 Å². The van der Waals surface area contributed by atoms with Crippen LogP contribution in [0.4, 0.5) is 5.82 Å². The number of benzene rings is 2. The van der Waals surface area contributed by atoms with Crippen LogP contribution in [0, 0.1) is 5.92 Å². The summed E-state index contributed by atoms with van der Waals surface area (Å²) >= 11 is 0. The molecule has 0 aliphatic rings. The van der Waals surface area contributed by atoms with Crippen LogP contribution in [-0.2, 0) is 17.8 Å². The molecule has 0 spiro atoms. The third-order valence-electron chi connectivity index (χ3n) is 4.02. The topological polar surface area (TPSA) is 122 Å². The van der Waals surface area contributed by atoms with E-state index in [9.17, 15) is 15.0 Å². The molecular weight excluding hydrogens is 322 g/mol. The number of phenols is 1. The van der Waals surface area contributed by atoms with E-state index in [0.29, 0.717) is 30.9 Å². The van der Waals surface area contributed by atoms with Gasteiger partial charge in [0.15, 0.2) is 11.4 Å². The molecular formula is C18H19N3O4. The van der Waals surface area contributed by atoms with Gasteiger partial charge in [-0.25, -0.2) is 0 Å². The smallest absolute Gasteiger partial charge is 0.308 e. The fourth-order valence-electron chi connectivity index (χ4n) is 2.72. The van der Waals surface area contributed by atoms with Crippen molar-refractivity contribution in [2.24, 2.45) is 5.92 Å². The lowest BCUT2D eigenvalue weighted by Gasteiger charge is -2.14. The molecule has 0 saturated carbocycles. The zero-order valence-electron chi connectivity index (χ0n) is 13.5. The number of nitrogens with zero attached hydrogens (tertiary/aromatic N) is 1. The Bertz CT molecular complexity index is 891. The molecule has 1 heterocycles. The lowest BCUT2D eigenvalue weighted by atomic mass is 9.99. The third kappa shape index (κ3) is 4.07. The molecule has 3 aromatic rings. The van der Waals surface area contributed by atoms with Crippen LogP contribution in [0.2, 0.25) is 0 Å². The molecule has 7 nitrogen and oxygen atoms in total. The van der Waals surface area contributed by atoms with Crippen LogP contribution in [0.25, 0.3) is 11.0 Å². The fraction of sp³-hybridized carbons (Fsp3) is 0.222. The predicted octanol–water partition coefficient (Wildman–Crippen LogP) is 2.15. The molecule has 0 radical (unpaired) electrons. The minimum atomic E-state index is -0.880. The zero-order chi connectivity index (χ0) is 17.8. The van der Waals surface area contributed by atoms with Gasteiger partial charge >= 0.3 is 5.97 Å². The van der Waals surface area contributed by atoms with E-state index in [2.05, 4.69) is 10.5 Å². The number of hydrogen-bond donors (Lipinski definition) is 4. The van der Waals surface area contributed by atoms with Crippen molar-refractivity contribution < 1.29 is 19.5 Å². The molecule has 0 saturated heterocycles. The van der Waals surface area contributed by atoms with Crippen LogP contribution in [0.3, 0.4) is 0 Å². The van der Waals surface area contributed by atoms with Crippen molar-refractivity contribution in [3.63, 3.8) is 0 Å². The number of aliphatic carboxylic acids is 1. The standard InChI is InChI=1S/C18H19N3O4/c19-17-15-8-12(4-5-16(15)25-21-17)9-20-10-13(18(23)24)6-11-2-1-3-14(22)7-11/h1-5,7-8,13,20,22H,6,9-10H2,(H2,19,21)(H,23,24). The number of carboxylic acid groups (broad SMARTS) is 1. The van der Waals surface area contributed by atoms with E-state index in [4.69, 9.17) is 10.3 Å². The first-order chi connectivity index (χ1) is 12.0. The summed E-state index contributed by atoms with van der Waals surface area (Å²) < 4.78 is 5.06. The summed E-state index contributed by atoms with van der Waals surface area (Å²) in [6.07, 6.45) is 0.342. The van der Waals surface area contributed by atoms with Crippen molar-refractivity contribution in [2.75, 3.05) is 12.3 Å². The van der Waals surface area contributed by atoms with E-state index < -0.39 is 11.9 Å². The van der Waals surface area contributed by atoms with Crippen LogP contribution < -0.4 is 11.1 Å². The second-order valence-electron chi connectivity index (χ2n) is 5.94. The normalized spacial score (nSPS) is 12.3. The second kappa shape index (κ2) is 7.23. The summed E-state index contributed by atoms with van der Waals surface area (Å²) in [6, 6.07) is 12.2. The van der Waals surface area contributed by atoms with E-state index in [1.54, 1.807) is 30.3 Å². The average Bonchev–Trinajstić information content (AvgIpc) is 2.95. The largest absolute Gasteiger partial charge is 0.508 e. The minimum absolute atomic E-state index is 0.134. The van der Waals surface area contributed by atoms with E-state index in [0.717, 1.165) is 16.5 Å². The number of nitrogens with two attached hydrogens (primary N) is 1. The first kappa shape index (κ1) is 16.8. The van der Waals surface area contributed by atoms with Crippen LogP contribution in [0.5, 0.6) is 5.75 Å². The molecule has 0 fully saturated rings. The summed E-state index contributed by atoms with van der Waals surface area (Å²) in [5, 5.41) is 26.5. The number of phenolic OH excluding ortho intramolecular Hbond substituents is 1. The maximum Gasteiger partial charge on any atom is 0.308 e. The highest BCUT2D eigenvalue weighted by atomic mass is 16.5. The Balaban J connectivity index is 1.61. The summed E-state index contributed by atoms with van der Waals surface area (Å²) in [7, 11) is 0. The van der Waals surface area contributed by atoms with Gasteiger partial charge in [0.05, 0.1) is 11.3 Å². The minimum Gasteiger partial charge on any atom is -0.508 e. The van der Waals surface area contributed by atoms with Crippen LogP contribution >= 0.6 is 0 Å².